The van der Waals surface area contributed by atoms with Gasteiger partial charge in [0.2, 0.25) is 5.95 Å². The second-order valence-corrected chi connectivity index (χ2v) is 5.27. The zero-order valence-electron chi connectivity index (χ0n) is 11.7. The van der Waals surface area contributed by atoms with Crippen molar-refractivity contribution < 1.29 is 19.7 Å². The Hall–Kier alpha value is -1.93. The predicted octanol–water partition coefficient (Wildman–Crippen LogP) is -0.0222. The highest BCUT2D eigenvalue weighted by molar-refractivity contribution is 5.67. The van der Waals surface area contributed by atoms with Crippen LogP contribution in [0.25, 0.3) is 0 Å². The van der Waals surface area contributed by atoms with E-state index >= 15 is 0 Å². The van der Waals surface area contributed by atoms with Gasteiger partial charge < -0.3 is 26.0 Å². The zero-order chi connectivity index (χ0) is 15.3. The summed E-state index contributed by atoms with van der Waals surface area (Å²) in [6.07, 6.45) is -0.495. The minimum absolute atomic E-state index is 0.0716. The number of carbonyl (C=O) groups excluding carboxylic acids is 1. The predicted molar refractivity (Wildman–Crippen MR) is 71.6 cm³/mol. The Morgan fingerprint density at radius 2 is 1.95 bits per heavy atom. The lowest BCUT2D eigenvalue weighted by molar-refractivity contribution is 0.0126. The lowest BCUT2D eigenvalue weighted by Gasteiger charge is -2.22. The normalized spacial score (nSPS) is 14.4. The number of hydrogen-bond donors (Lipinski definition) is 4. The number of nitrogens with one attached hydrogen (secondary N) is 1. The first kappa shape index (κ1) is 16.1. The maximum Gasteiger partial charge on any atom is 0.407 e. The van der Waals surface area contributed by atoms with Crippen molar-refractivity contribution in [2.75, 3.05) is 12.3 Å². The fraction of sp³-hybridized carbons (Fsp3) is 0.583. The van der Waals surface area contributed by atoms with Crippen molar-refractivity contribution in [1.82, 2.24) is 15.3 Å². The van der Waals surface area contributed by atoms with Crippen LogP contribution in [0.4, 0.5) is 10.7 Å². The van der Waals surface area contributed by atoms with Crippen LogP contribution >= 0.6 is 0 Å². The minimum Gasteiger partial charge on any atom is -0.444 e. The van der Waals surface area contributed by atoms with E-state index in [-0.39, 0.29) is 12.5 Å². The number of amides is 1. The molecular weight excluding hydrogens is 264 g/mol. The average Bonchev–Trinajstić information content (AvgIpc) is 2.34. The van der Waals surface area contributed by atoms with Crippen LogP contribution in [0.2, 0.25) is 0 Å². The number of carbonyl (C=O) groups is 1. The molecule has 0 aliphatic carbocycles. The molecule has 0 aromatic carbocycles. The van der Waals surface area contributed by atoms with Crippen molar-refractivity contribution >= 4 is 12.0 Å². The monoisotopic (exact) mass is 284 g/mol. The Kier molecular flexibility index (Phi) is 5.23. The van der Waals surface area contributed by atoms with Gasteiger partial charge in [0.05, 0.1) is 0 Å². The molecule has 0 bridgehead atoms. The molecule has 20 heavy (non-hydrogen) atoms. The first-order chi connectivity index (χ1) is 9.19. The third kappa shape index (κ3) is 5.37. The molecule has 1 aromatic rings. The Bertz CT molecular complexity index is 444. The van der Waals surface area contributed by atoms with E-state index in [1.54, 1.807) is 20.8 Å². The number of nitrogens with two attached hydrogens (primary N) is 1. The van der Waals surface area contributed by atoms with Crippen LogP contribution in [0.1, 0.15) is 32.4 Å². The number of aliphatic hydroxyl groups is 2. The number of nitrogen functional groups attached to an aromatic ring is 1. The third-order valence-electron chi connectivity index (χ3n) is 2.25. The second kappa shape index (κ2) is 6.49. The van der Waals surface area contributed by atoms with E-state index in [0.717, 1.165) is 0 Å². The van der Waals surface area contributed by atoms with Gasteiger partial charge in [0.15, 0.2) is 0 Å². The van der Waals surface area contributed by atoms with Crippen molar-refractivity contribution in [3.05, 3.63) is 18.0 Å². The van der Waals surface area contributed by atoms with E-state index in [1.807, 2.05) is 0 Å². The molecule has 0 saturated carbocycles. The molecule has 0 saturated heterocycles. The highest BCUT2D eigenvalue weighted by Gasteiger charge is 2.21. The number of nitrogens with zero attached hydrogens (tertiary/aromatic N) is 2. The van der Waals surface area contributed by atoms with Gasteiger partial charge in [-0.05, 0) is 20.8 Å². The molecule has 1 heterocycles. The molecule has 0 aliphatic rings. The van der Waals surface area contributed by atoms with E-state index < -0.39 is 23.9 Å². The van der Waals surface area contributed by atoms with Crippen LogP contribution in [-0.2, 0) is 4.74 Å². The lowest BCUT2D eigenvalue weighted by Crippen LogP contribution is -2.38. The Labute approximate surface area is 117 Å². The molecule has 1 rings (SSSR count). The summed E-state index contributed by atoms with van der Waals surface area (Å²) in [5.74, 6) is 0.0716. The van der Waals surface area contributed by atoms with Crippen LogP contribution in [0.5, 0.6) is 0 Å². The van der Waals surface area contributed by atoms with Crippen molar-refractivity contribution in [3.8, 4) is 0 Å². The summed E-state index contributed by atoms with van der Waals surface area (Å²) in [5, 5.41) is 22.0. The molecule has 2 unspecified atom stereocenters. The smallest absolute Gasteiger partial charge is 0.407 e. The number of ether oxygens (including phenoxy) is 1. The Morgan fingerprint density at radius 1 is 1.40 bits per heavy atom. The van der Waals surface area contributed by atoms with E-state index in [2.05, 4.69) is 15.3 Å². The topological polar surface area (TPSA) is 131 Å². The number of hydrogen-bond acceptors (Lipinski definition) is 7. The molecular formula is C12H20N4O4. The summed E-state index contributed by atoms with van der Waals surface area (Å²) in [6, 6.07) is 0. The summed E-state index contributed by atoms with van der Waals surface area (Å²) in [4.78, 5) is 18.8. The van der Waals surface area contributed by atoms with Crippen molar-refractivity contribution in [1.29, 1.82) is 0 Å². The second-order valence-electron chi connectivity index (χ2n) is 5.27. The van der Waals surface area contributed by atoms with Crippen LogP contribution < -0.4 is 11.1 Å². The van der Waals surface area contributed by atoms with E-state index in [4.69, 9.17) is 10.5 Å². The van der Waals surface area contributed by atoms with Gasteiger partial charge in [0, 0.05) is 24.5 Å². The van der Waals surface area contributed by atoms with Gasteiger partial charge in [0.25, 0.3) is 0 Å². The summed E-state index contributed by atoms with van der Waals surface area (Å²) < 4.78 is 5.01. The molecule has 0 radical (unpaired) electrons. The SMILES string of the molecule is CC(C)(C)OC(=O)NCC(O)C(O)c1cnc(N)nc1. The highest BCUT2D eigenvalue weighted by Crippen LogP contribution is 2.15. The lowest BCUT2D eigenvalue weighted by atomic mass is 10.1. The van der Waals surface area contributed by atoms with Crippen LogP contribution in [-0.4, -0.2) is 44.5 Å². The summed E-state index contributed by atoms with van der Waals surface area (Å²) in [6.45, 7) is 5.01. The molecule has 0 fully saturated rings. The van der Waals surface area contributed by atoms with E-state index in [1.165, 1.54) is 12.4 Å². The molecule has 0 aliphatic heterocycles. The van der Waals surface area contributed by atoms with Crippen molar-refractivity contribution in [2.45, 2.75) is 38.6 Å². The number of aliphatic hydroxyl groups excluding tert-OH is 2. The molecule has 8 nitrogen and oxygen atoms in total. The molecule has 2 atom stereocenters. The van der Waals surface area contributed by atoms with Crippen LogP contribution in [0.15, 0.2) is 12.4 Å². The standard InChI is InChI=1S/C12H20N4O4/c1-12(2,3)20-11(19)16-6-8(17)9(18)7-4-14-10(13)15-5-7/h4-5,8-9,17-18H,6H2,1-3H3,(H,16,19)(H2,13,14,15). The third-order valence-corrected chi connectivity index (χ3v) is 2.25. The van der Waals surface area contributed by atoms with E-state index in [0.29, 0.717) is 5.56 Å². The van der Waals surface area contributed by atoms with Gasteiger partial charge in [-0.1, -0.05) is 0 Å². The maximum atomic E-state index is 11.4. The maximum absolute atomic E-state index is 11.4. The van der Waals surface area contributed by atoms with Crippen LogP contribution in [0, 0.1) is 0 Å². The molecule has 0 spiro atoms. The summed E-state index contributed by atoms with van der Waals surface area (Å²) >= 11 is 0. The Morgan fingerprint density at radius 3 is 2.45 bits per heavy atom. The summed E-state index contributed by atoms with van der Waals surface area (Å²) in [7, 11) is 0. The molecule has 1 amide bonds. The first-order valence-corrected chi connectivity index (χ1v) is 6.09. The number of rotatable bonds is 4. The zero-order valence-corrected chi connectivity index (χ0v) is 11.7. The number of aromatic nitrogens is 2. The largest absolute Gasteiger partial charge is 0.444 e. The average molecular weight is 284 g/mol. The first-order valence-electron chi connectivity index (χ1n) is 6.09. The Balaban J connectivity index is 2.48. The molecule has 8 heteroatoms. The van der Waals surface area contributed by atoms with E-state index in [9.17, 15) is 15.0 Å². The van der Waals surface area contributed by atoms with Gasteiger partial charge in [0.1, 0.15) is 17.8 Å². The molecule has 1 aromatic heterocycles. The van der Waals surface area contributed by atoms with Crippen molar-refractivity contribution in [2.24, 2.45) is 0 Å². The van der Waals surface area contributed by atoms with Crippen molar-refractivity contribution in [3.63, 3.8) is 0 Å². The van der Waals surface area contributed by atoms with Gasteiger partial charge in [-0.15, -0.1) is 0 Å². The van der Waals surface area contributed by atoms with Gasteiger partial charge in [-0.3, -0.25) is 0 Å². The minimum atomic E-state index is -1.23. The number of anilines is 1. The quantitative estimate of drug-likeness (QED) is 0.611. The molecule has 112 valence electrons. The van der Waals surface area contributed by atoms with Crippen LogP contribution in [0.3, 0.4) is 0 Å². The van der Waals surface area contributed by atoms with Gasteiger partial charge in [-0.2, -0.15) is 0 Å². The van der Waals surface area contributed by atoms with Gasteiger partial charge in [-0.25, -0.2) is 14.8 Å². The molecule has 5 N–H and O–H groups in total. The number of alkyl carbamates (subject to hydrolysis) is 1. The fourth-order valence-electron chi connectivity index (χ4n) is 1.34. The highest BCUT2D eigenvalue weighted by atomic mass is 16.6. The fourth-order valence-corrected chi connectivity index (χ4v) is 1.34. The van der Waals surface area contributed by atoms with Gasteiger partial charge >= 0.3 is 6.09 Å². The summed E-state index contributed by atoms with van der Waals surface area (Å²) in [5.41, 5.74) is 5.00.